The quantitative estimate of drug-likeness (QED) is 0.634. The molecular weight excluding hydrogens is 387 g/mol. The summed E-state index contributed by atoms with van der Waals surface area (Å²) >= 11 is 0.880. The molecule has 0 saturated heterocycles. The van der Waals surface area contributed by atoms with Crippen molar-refractivity contribution >= 4 is 17.7 Å². The first-order valence-corrected chi connectivity index (χ1v) is 9.60. The van der Waals surface area contributed by atoms with Crippen LogP contribution in [-0.2, 0) is 11.0 Å². The number of aryl methyl sites for hydroxylation is 1. The van der Waals surface area contributed by atoms with E-state index in [0.29, 0.717) is 18.7 Å². The highest BCUT2D eigenvalue weighted by atomic mass is 32.2. The van der Waals surface area contributed by atoms with Crippen LogP contribution in [0.2, 0.25) is 0 Å². The van der Waals surface area contributed by atoms with Crippen molar-refractivity contribution < 1.29 is 18.0 Å². The molecule has 0 fully saturated rings. The molecule has 0 unspecified atom stereocenters. The van der Waals surface area contributed by atoms with Crippen molar-refractivity contribution in [3.05, 3.63) is 58.8 Å². The molecule has 0 aliphatic heterocycles. The third-order valence-corrected chi connectivity index (χ3v) is 5.39. The predicted molar refractivity (Wildman–Crippen MR) is 102 cm³/mol. The number of amides is 1. The van der Waals surface area contributed by atoms with Gasteiger partial charge in [0.25, 0.3) is 0 Å². The Morgan fingerprint density at radius 3 is 2.36 bits per heavy atom. The van der Waals surface area contributed by atoms with Crippen LogP contribution in [0, 0.1) is 18.3 Å². The second kappa shape index (κ2) is 9.11. The van der Waals surface area contributed by atoms with E-state index in [1.807, 2.05) is 13.8 Å². The Morgan fingerprint density at radius 1 is 1.25 bits per heavy atom. The summed E-state index contributed by atoms with van der Waals surface area (Å²) in [5.74, 6) is -0.234. The SMILES string of the molecule is CCN(CC)C(=O)[C@H](Sc1nc(C)cc(C(F)(F)F)c1C#N)c1ccccc1. The zero-order valence-corrected chi connectivity index (χ0v) is 16.6. The van der Waals surface area contributed by atoms with E-state index in [9.17, 15) is 23.2 Å². The van der Waals surface area contributed by atoms with Gasteiger partial charge in [0.05, 0.1) is 11.1 Å². The number of halogens is 3. The van der Waals surface area contributed by atoms with Crippen molar-refractivity contribution in [2.75, 3.05) is 13.1 Å². The maximum atomic E-state index is 13.4. The largest absolute Gasteiger partial charge is 0.417 e. The number of alkyl halides is 3. The fraction of sp³-hybridized carbons (Fsp3) is 0.350. The first-order chi connectivity index (χ1) is 13.2. The van der Waals surface area contributed by atoms with Gasteiger partial charge in [-0.1, -0.05) is 42.1 Å². The van der Waals surface area contributed by atoms with Crippen molar-refractivity contribution in [1.29, 1.82) is 5.26 Å². The summed E-state index contributed by atoms with van der Waals surface area (Å²) in [6, 6.07) is 11.3. The van der Waals surface area contributed by atoms with Crippen molar-refractivity contribution in [2.45, 2.75) is 37.2 Å². The molecule has 0 spiro atoms. The number of hydrogen-bond acceptors (Lipinski definition) is 4. The zero-order chi connectivity index (χ0) is 20.9. The molecule has 148 valence electrons. The van der Waals surface area contributed by atoms with Gasteiger partial charge in [0.15, 0.2) is 0 Å². The van der Waals surface area contributed by atoms with E-state index in [2.05, 4.69) is 4.98 Å². The molecule has 0 saturated carbocycles. The Hall–Kier alpha value is -2.53. The number of benzene rings is 1. The summed E-state index contributed by atoms with van der Waals surface area (Å²) in [6.07, 6.45) is -4.68. The van der Waals surface area contributed by atoms with E-state index < -0.39 is 22.6 Å². The molecule has 8 heteroatoms. The number of hydrogen-bond donors (Lipinski definition) is 0. The van der Waals surface area contributed by atoms with Crippen LogP contribution in [0.25, 0.3) is 0 Å². The Morgan fingerprint density at radius 2 is 1.86 bits per heavy atom. The smallest absolute Gasteiger partial charge is 0.342 e. The van der Waals surface area contributed by atoms with Crippen LogP contribution in [0.5, 0.6) is 0 Å². The molecule has 0 N–H and O–H groups in total. The molecule has 2 rings (SSSR count). The molecular formula is C20H20F3N3OS. The molecule has 1 heterocycles. The fourth-order valence-electron chi connectivity index (χ4n) is 2.76. The van der Waals surface area contributed by atoms with E-state index in [-0.39, 0.29) is 16.6 Å². The summed E-state index contributed by atoms with van der Waals surface area (Å²) in [4.78, 5) is 18.8. The van der Waals surface area contributed by atoms with E-state index in [0.717, 1.165) is 17.8 Å². The maximum Gasteiger partial charge on any atom is 0.417 e. The summed E-state index contributed by atoms with van der Waals surface area (Å²) in [7, 11) is 0. The van der Waals surface area contributed by atoms with Crippen molar-refractivity contribution in [3.63, 3.8) is 0 Å². The minimum Gasteiger partial charge on any atom is -0.342 e. The molecule has 1 aromatic heterocycles. The van der Waals surface area contributed by atoms with Crippen molar-refractivity contribution in [2.24, 2.45) is 0 Å². The van der Waals surface area contributed by atoms with Gasteiger partial charge in [-0.05, 0) is 32.4 Å². The predicted octanol–water partition coefficient (Wildman–Crippen LogP) is 4.98. The molecule has 2 aromatic rings. The summed E-state index contributed by atoms with van der Waals surface area (Å²) in [5, 5.41) is 8.48. The average Bonchev–Trinajstić information content (AvgIpc) is 2.66. The highest BCUT2D eigenvalue weighted by Gasteiger charge is 2.37. The lowest BCUT2D eigenvalue weighted by Gasteiger charge is -2.25. The zero-order valence-electron chi connectivity index (χ0n) is 15.7. The highest BCUT2D eigenvalue weighted by molar-refractivity contribution is 8.00. The average molecular weight is 407 g/mol. The monoisotopic (exact) mass is 407 g/mol. The number of rotatable bonds is 6. The maximum absolute atomic E-state index is 13.4. The van der Waals surface area contributed by atoms with Crippen LogP contribution in [0.15, 0.2) is 41.4 Å². The number of nitrogens with zero attached hydrogens (tertiary/aromatic N) is 3. The van der Waals surface area contributed by atoms with Gasteiger partial charge in [-0.3, -0.25) is 4.79 Å². The molecule has 0 aliphatic carbocycles. The highest BCUT2D eigenvalue weighted by Crippen LogP contribution is 2.41. The first-order valence-electron chi connectivity index (χ1n) is 8.72. The lowest BCUT2D eigenvalue weighted by molar-refractivity contribution is -0.138. The number of carbonyl (C=O) groups is 1. The number of aromatic nitrogens is 1. The van der Waals surface area contributed by atoms with Gasteiger partial charge in [-0.25, -0.2) is 4.98 Å². The van der Waals surface area contributed by atoms with Gasteiger partial charge in [-0.15, -0.1) is 0 Å². The van der Waals surface area contributed by atoms with Gasteiger partial charge < -0.3 is 4.90 Å². The van der Waals surface area contributed by atoms with Gasteiger partial charge >= 0.3 is 6.18 Å². The van der Waals surface area contributed by atoms with Crippen LogP contribution in [0.4, 0.5) is 13.2 Å². The third kappa shape index (κ3) is 4.84. The van der Waals surface area contributed by atoms with Gasteiger partial charge in [-0.2, -0.15) is 18.4 Å². The van der Waals surface area contributed by atoms with Gasteiger partial charge in [0.1, 0.15) is 16.3 Å². The first kappa shape index (κ1) is 21.8. The Balaban J connectivity index is 2.58. The lowest BCUT2D eigenvalue weighted by Crippen LogP contribution is -2.34. The number of pyridine rings is 1. The summed E-state index contributed by atoms with van der Waals surface area (Å²) in [6.45, 7) is 6.05. The molecule has 0 aliphatic rings. The molecule has 0 bridgehead atoms. The van der Waals surface area contributed by atoms with Gasteiger partial charge in [0.2, 0.25) is 5.91 Å². The van der Waals surface area contributed by atoms with Crippen molar-refractivity contribution in [3.8, 4) is 6.07 Å². The summed E-state index contributed by atoms with van der Waals surface area (Å²) in [5.41, 5.74) is -0.815. The second-order valence-corrected chi connectivity index (χ2v) is 7.11. The third-order valence-electron chi connectivity index (χ3n) is 4.16. The van der Waals surface area contributed by atoms with Crippen molar-refractivity contribution in [1.82, 2.24) is 9.88 Å². The molecule has 0 radical (unpaired) electrons. The van der Waals surface area contributed by atoms with Gasteiger partial charge in [0, 0.05) is 18.8 Å². The van der Waals surface area contributed by atoms with E-state index in [1.54, 1.807) is 41.3 Å². The molecule has 1 aromatic carbocycles. The lowest BCUT2D eigenvalue weighted by atomic mass is 10.1. The Kier molecular flexibility index (Phi) is 7.08. The fourth-order valence-corrected chi connectivity index (χ4v) is 4.00. The van der Waals surface area contributed by atoms with Crippen LogP contribution in [0.1, 0.15) is 41.5 Å². The number of likely N-dealkylation sites (N-methyl/N-ethyl adjacent to an activating group) is 1. The van der Waals surface area contributed by atoms with Crippen LogP contribution < -0.4 is 0 Å². The van der Waals surface area contributed by atoms with Crippen LogP contribution in [-0.4, -0.2) is 28.9 Å². The van der Waals surface area contributed by atoms with E-state index in [1.165, 1.54) is 6.92 Å². The minimum absolute atomic E-state index is 0.0933. The number of nitriles is 1. The number of thioether (sulfide) groups is 1. The van der Waals surface area contributed by atoms with Crippen LogP contribution >= 0.6 is 11.8 Å². The topological polar surface area (TPSA) is 57.0 Å². The van der Waals surface area contributed by atoms with E-state index >= 15 is 0 Å². The number of carbonyl (C=O) groups excluding carboxylic acids is 1. The normalized spacial score (nSPS) is 12.3. The standard InChI is InChI=1S/C20H20F3N3OS/c1-4-26(5-2)19(27)17(14-9-7-6-8-10-14)28-18-15(12-24)16(20(21,22)23)11-13(3)25-18/h6-11,17H,4-5H2,1-3H3/t17-/m1/s1. The van der Waals surface area contributed by atoms with E-state index in [4.69, 9.17) is 0 Å². The second-order valence-electron chi connectivity index (χ2n) is 6.02. The molecule has 28 heavy (non-hydrogen) atoms. The molecule has 1 amide bonds. The Labute approximate surface area is 166 Å². The Bertz CT molecular complexity index is 875. The molecule has 1 atom stereocenters. The molecule has 4 nitrogen and oxygen atoms in total. The van der Waals surface area contributed by atoms with Crippen LogP contribution in [0.3, 0.4) is 0 Å². The minimum atomic E-state index is -4.68. The summed E-state index contributed by atoms with van der Waals surface area (Å²) < 4.78 is 40.2.